The van der Waals surface area contributed by atoms with Crippen LogP contribution in [0.1, 0.15) is 38.1 Å². The summed E-state index contributed by atoms with van der Waals surface area (Å²) in [4.78, 5) is 14.6. The van der Waals surface area contributed by atoms with Crippen molar-refractivity contribution in [1.29, 1.82) is 0 Å². The summed E-state index contributed by atoms with van der Waals surface area (Å²) in [6.07, 6.45) is 3.20. The Balaban J connectivity index is 0.000000829. The molecule has 0 aliphatic rings. The molecule has 1 aromatic carbocycles. The van der Waals surface area contributed by atoms with Crippen molar-refractivity contribution in [3.63, 3.8) is 0 Å². The number of carboxylic acids is 1. The van der Waals surface area contributed by atoms with E-state index in [1.54, 1.807) is 36.7 Å². The molecule has 1 aromatic heterocycles. The predicted octanol–water partition coefficient (Wildman–Crippen LogP) is 4.62. The molecule has 4 nitrogen and oxygen atoms in total. The molecule has 0 saturated carbocycles. The van der Waals surface area contributed by atoms with Crippen LogP contribution in [0.5, 0.6) is 11.5 Å². The second-order valence-corrected chi connectivity index (χ2v) is 3.12. The predicted molar refractivity (Wildman–Crippen MR) is 80.4 cm³/mol. The number of benzene rings is 1. The first-order chi connectivity index (χ1) is 9.75. The Morgan fingerprint density at radius 2 is 1.70 bits per heavy atom. The van der Waals surface area contributed by atoms with E-state index in [2.05, 4.69) is 4.98 Å². The quantitative estimate of drug-likeness (QED) is 0.887. The first kappa shape index (κ1) is 17.6. The van der Waals surface area contributed by atoms with Crippen LogP contribution in [0.15, 0.2) is 48.8 Å². The van der Waals surface area contributed by atoms with E-state index in [9.17, 15) is 4.79 Å². The average Bonchev–Trinajstić information content (AvgIpc) is 2.52. The number of nitrogens with zero attached hydrogens (tertiary/aromatic N) is 1. The molecule has 1 N–H and O–H groups in total. The molecule has 20 heavy (non-hydrogen) atoms. The lowest BCUT2D eigenvalue weighted by Crippen LogP contribution is -1.96. The van der Waals surface area contributed by atoms with Crippen LogP contribution >= 0.6 is 0 Å². The normalized spacial score (nSPS) is 8.40. The zero-order valence-corrected chi connectivity index (χ0v) is 12.3. The van der Waals surface area contributed by atoms with Crippen LogP contribution in [-0.4, -0.2) is 16.1 Å². The van der Waals surface area contributed by atoms with Crippen LogP contribution in [0.3, 0.4) is 0 Å². The number of aromatic nitrogens is 1. The highest BCUT2D eigenvalue weighted by molar-refractivity contribution is 5.88. The van der Waals surface area contributed by atoms with Crippen molar-refractivity contribution < 1.29 is 14.6 Å². The second kappa shape index (κ2) is 10.6. The van der Waals surface area contributed by atoms with Gasteiger partial charge in [-0.05, 0) is 30.3 Å². The van der Waals surface area contributed by atoms with Gasteiger partial charge in [-0.3, -0.25) is 4.98 Å². The highest BCUT2D eigenvalue weighted by atomic mass is 16.5. The molecule has 0 amide bonds. The topological polar surface area (TPSA) is 59.4 Å². The van der Waals surface area contributed by atoms with Crippen LogP contribution in [0.2, 0.25) is 0 Å². The Morgan fingerprint density at radius 3 is 2.25 bits per heavy atom. The number of rotatable bonds is 3. The summed E-state index contributed by atoms with van der Waals surface area (Å²) in [6.45, 7) is 8.00. The van der Waals surface area contributed by atoms with Crippen LogP contribution in [-0.2, 0) is 0 Å². The third kappa shape index (κ3) is 6.00. The van der Waals surface area contributed by atoms with E-state index >= 15 is 0 Å². The van der Waals surface area contributed by atoms with Gasteiger partial charge in [0.25, 0.3) is 0 Å². The maximum atomic E-state index is 10.7. The van der Waals surface area contributed by atoms with Crippen LogP contribution < -0.4 is 4.74 Å². The standard InChI is InChI=1S/C12H9NO3.2C2H6/c14-12(15)9-3-1-4-10(7-9)16-11-5-2-6-13-8-11;2*1-2/h1-8H,(H,14,15);2*1-2H3. The Labute approximate surface area is 120 Å². The summed E-state index contributed by atoms with van der Waals surface area (Å²) in [6, 6.07) is 9.80. The van der Waals surface area contributed by atoms with E-state index in [1.165, 1.54) is 12.1 Å². The Kier molecular flexibility index (Phi) is 9.31. The monoisotopic (exact) mass is 275 g/mol. The summed E-state index contributed by atoms with van der Waals surface area (Å²) in [7, 11) is 0. The van der Waals surface area contributed by atoms with Gasteiger partial charge in [-0.25, -0.2) is 4.79 Å². The van der Waals surface area contributed by atoms with E-state index in [0.29, 0.717) is 11.5 Å². The first-order valence-electron chi connectivity index (χ1n) is 6.67. The number of hydrogen-bond donors (Lipinski definition) is 1. The minimum absolute atomic E-state index is 0.196. The minimum atomic E-state index is -0.975. The molecule has 0 unspecified atom stereocenters. The molecule has 2 rings (SSSR count). The number of carboxylic acid groups (broad SMARTS) is 1. The fourth-order valence-electron chi connectivity index (χ4n) is 1.24. The van der Waals surface area contributed by atoms with E-state index in [0.717, 1.165) is 0 Å². The summed E-state index contributed by atoms with van der Waals surface area (Å²) >= 11 is 0. The summed E-state index contributed by atoms with van der Waals surface area (Å²) < 4.78 is 5.44. The first-order valence-corrected chi connectivity index (χ1v) is 6.67. The third-order valence-corrected chi connectivity index (χ3v) is 1.95. The maximum Gasteiger partial charge on any atom is 0.335 e. The molecule has 0 aliphatic heterocycles. The molecule has 0 saturated heterocycles. The van der Waals surface area contributed by atoms with Crippen molar-refractivity contribution in [3.8, 4) is 11.5 Å². The molecule has 0 spiro atoms. The zero-order chi connectivity index (χ0) is 15.4. The van der Waals surface area contributed by atoms with Gasteiger partial charge in [0.2, 0.25) is 0 Å². The number of aromatic carboxylic acids is 1. The molecule has 2 aromatic rings. The van der Waals surface area contributed by atoms with Crippen molar-refractivity contribution in [2.24, 2.45) is 0 Å². The van der Waals surface area contributed by atoms with Gasteiger partial charge in [0.15, 0.2) is 0 Å². The van der Waals surface area contributed by atoms with Crippen molar-refractivity contribution >= 4 is 5.97 Å². The largest absolute Gasteiger partial charge is 0.478 e. The van der Waals surface area contributed by atoms with Gasteiger partial charge < -0.3 is 9.84 Å². The van der Waals surface area contributed by atoms with Gasteiger partial charge in [-0.15, -0.1) is 0 Å². The number of carbonyl (C=O) groups is 1. The van der Waals surface area contributed by atoms with Gasteiger partial charge in [-0.1, -0.05) is 33.8 Å². The van der Waals surface area contributed by atoms with Gasteiger partial charge in [0.05, 0.1) is 11.8 Å². The molecule has 0 fully saturated rings. The Morgan fingerprint density at radius 1 is 1.05 bits per heavy atom. The van der Waals surface area contributed by atoms with Crippen LogP contribution in [0.25, 0.3) is 0 Å². The fraction of sp³-hybridized carbons (Fsp3) is 0.250. The SMILES string of the molecule is CC.CC.O=C(O)c1cccc(Oc2cccnc2)c1. The molecule has 0 radical (unpaired) electrons. The third-order valence-electron chi connectivity index (χ3n) is 1.95. The van der Waals surface area contributed by atoms with Gasteiger partial charge >= 0.3 is 5.97 Å². The number of pyridine rings is 1. The molecule has 0 bridgehead atoms. The smallest absolute Gasteiger partial charge is 0.335 e. The van der Waals surface area contributed by atoms with Crippen LogP contribution in [0.4, 0.5) is 0 Å². The average molecular weight is 275 g/mol. The summed E-state index contributed by atoms with van der Waals surface area (Å²) in [5.41, 5.74) is 0.196. The highest BCUT2D eigenvalue weighted by Gasteiger charge is 2.04. The van der Waals surface area contributed by atoms with Gasteiger partial charge in [0, 0.05) is 6.20 Å². The zero-order valence-electron chi connectivity index (χ0n) is 12.3. The van der Waals surface area contributed by atoms with Gasteiger partial charge in [-0.2, -0.15) is 0 Å². The molecule has 108 valence electrons. The second-order valence-electron chi connectivity index (χ2n) is 3.12. The van der Waals surface area contributed by atoms with E-state index < -0.39 is 5.97 Å². The van der Waals surface area contributed by atoms with Crippen molar-refractivity contribution in [1.82, 2.24) is 4.98 Å². The van der Waals surface area contributed by atoms with Crippen molar-refractivity contribution in [2.75, 3.05) is 0 Å². The molecular weight excluding hydrogens is 254 g/mol. The van der Waals surface area contributed by atoms with Crippen LogP contribution in [0, 0.1) is 0 Å². The minimum Gasteiger partial charge on any atom is -0.478 e. The molecule has 1 heterocycles. The molecule has 0 atom stereocenters. The van der Waals surface area contributed by atoms with Crippen molar-refractivity contribution in [3.05, 3.63) is 54.4 Å². The van der Waals surface area contributed by atoms with Gasteiger partial charge in [0.1, 0.15) is 11.5 Å². The lowest BCUT2D eigenvalue weighted by molar-refractivity contribution is 0.0696. The lowest BCUT2D eigenvalue weighted by Gasteiger charge is -2.05. The lowest BCUT2D eigenvalue weighted by atomic mass is 10.2. The molecule has 4 heteroatoms. The molecular formula is C16H21NO3. The highest BCUT2D eigenvalue weighted by Crippen LogP contribution is 2.20. The fourth-order valence-corrected chi connectivity index (χ4v) is 1.24. The Bertz CT molecular complexity index is 498. The Hall–Kier alpha value is -2.36. The summed E-state index contributed by atoms with van der Waals surface area (Å²) in [5.74, 6) is 0.0783. The van der Waals surface area contributed by atoms with E-state index in [1.807, 2.05) is 27.7 Å². The number of hydrogen-bond acceptors (Lipinski definition) is 3. The van der Waals surface area contributed by atoms with E-state index in [4.69, 9.17) is 9.84 Å². The maximum absolute atomic E-state index is 10.7. The van der Waals surface area contributed by atoms with Crippen molar-refractivity contribution in [2.45, 2.75) is 27.7 Å². The van der Waals surface area contributed by atoms with E-state index in [-0.39, 0.29) is 5.56 Å². The molecule has 0 aliphatic carbocycles. The summed E-state index contributed by atoms with van der Waals surface area (Å²) in [5, 5.41) is 8.81. The number of ether oxygens (including phenoxy) is 1.